The first-order valence-electron chi connectivity index (χ1n) is 14.7. The summed E-state index contributed by atoms with van der Waals surface area (Å²) < 4.78 is 16.9. The summed E-state index contributed by atoms with van der Waals surface area (Å²) in [7, 11) is 0. The van der Waals surface area contributed by atoms with Gasteiger partial charge in [-0.15, -0.1) is 0 Å². The van der Waals surface area contributed by atoms with Crippen LogP contribution < -0.4 is 16.0 Å². The van der Waals surface area contributed by atoms with Gasteiger partial charge in [-0.05, 0) is 45.0 Å². The third-order valence-electron chi connectivity index (χ3n) is 6.02. The van der Waals surface area contributed by atoms with Crippen molar-refractivity contribution in [3.05, 3.63) is 22.1 Å². The molecule has 1 aromatic heterocycles. The highest BCUT2D eigenvalue weighted by Crippen LogP contribution is 2.13. The van der Waals surface area contributed by atoms with Crippen LogP contribution in [0.1, 0.15) is 85.4 Å². The molecule has 1 heterocycles. The number of unbranched alkanes of at least 4 members (excludes halogenated alkanes) is 2. The Labute approximate surface area is 257 Å². The predicted molar refractivity (Wildman–Crippen MR) is 157 cm³/mol. The normalized spacial score (nSPS) is 12.4. The standard InChI is InChI=1S/C28H46N6O10/c1-7-9-15-42-24(36)17-21(26(38)43-16-10-8-2)31-22(35)12-11-20(32-27(39)44-28(4,5)6)25(37)29-13-14-33-19(3)30-18-23(33)34(40)41/h18,20-21H,7-17H2,1-6H3,(H,29,37)(H,31,35)(H,32,39). The van der Waals surface area contributed by atoms with E-state index in [2.05, 4.69) is 20.9 Å². The number of aromatic nitrogens is 2. The SMILES string of the molecule is CCCCOC(=O)CC(NC(=O)CCC(NC(=O)OC(C)(C)C)C(=O)NCCn1c([N+](=O)[O-])cnc1C)C(=O)OCCCC. The number of carbonyl (C=O) groups excluding carboxylic acids is 5. The summed E-state index contributed by atoms with van der Waals surface area (Å²) in [6.07, 6.45) is 2.11. The Kier molecular flexibility index (Phi) is 16.4. The van der Waals surface area contributed by atoms with E-state index < -0.39 is 58.9 Å². The van der Waals surface area contributed by atoms with E-state index in [4.69, 9.17) is 14.2 Å². The zero-order valence-corrected chi connectivity index (χ0v) is 26.4. The Morgan fingerprint density at radius 1 is 1.02 bits per heavy atom. The summed E-state index contributed by atoms with van der Waals surface area (Å²) in [4.78, 5) is 77.8. The maximum Gasteiger partial charge on any atom is 0.408 e. The van der Waals surface area contributed by atoms with Crippen molar-refractivity contribution >= 4 is 35.7 Å². The maximum absolute atomic E-state index is 13.0. The molecule has 16 nitrogen and oxygen atoms in total. The number of aryl methyl sites for hydroxylation is 1. The molecular weight excluding hydrogens is 580 g/mol. The van der Waals surface area contributed by atoms with E-state index in [9.17, 15) is 34.1 Å². The summed E-state index contributed by atoms with van der Waals surface area (Å²) in [6.45, 7) is 10.6. The number of nitrogens with one attached hydrogen (secondary N) is 3. The first-order valence-corrected chi connectivity index (χ1v) is 14.7. The van der Waals surface area contributed by atoms with Crippen LogP contribution in [0.15, 0.2) is 6.20 Å². The van der Waals surface area contributed by atoms with Crippen molar-refractivity contribution in [1.82, 2.24) is 25.5 Å². The van der Waals surface area contributed by atoms with E-state index in [1.807, 2.05) is 13.8 Å². The van der Waals surface area contributed by atoms with Gasteiger partial charge in [-0.3, -0.25) is 14.4 Å². The number of hydrogen-bond acceptors (Lipinski definition) is 11. The summed E-state index contributed by atoms with van der Waals surface area (Å²) in [6, 6.07) is -2.53. The summed E-state index contributed by atoms with van der Waals surface area (Å²) in [5.74, 6) is -2.66. The molecule has 0 fully saturated rings. The van der Waals surface area contributed by atoms with Crippen LogP contribution >= 0.6 is 0 Å². The van der Waals surface area contributed by atoms with Crippen LogP contribution in [0.5, 0.6) is 0 Å². The third-order valence-corrected chi connectivity index (χ3v) is 6.02. The Bertz CT molecular complexity index is 1130. The fraction of sp³-hybridized carbons (Fsp3) is 0.714. The van der Waals surface area contributed by atoms with Gasteiger partial charge in [0.05, 0.1) is 26.2 Å². The number of nitrogens with zero attached hydrogens (tertiary/aromatic N) is 3. The zero-order valence-electron chi connectivity index (χ0n) is 26.4. The first kappa shape index (κ1) is 37.8. The predicted octanol–water partition coefficient (Wildman–Crippen LogP) is 2.45. The van der Waals surface area contributed by atoms with Crippen molar-refractivity contribution in [2.75, 3.05) is 19.8 Å². The van der Waals surface area contributed by atoms with E-state index in [1.54, 1.807) is 27.7 Å². The van der Waals surface area contributed by atoms with Crippen LogP contribution in [0.25, 0.3) is 0 Å². The molecule has 16 heteroatoms. The molecule has 3 N–H and O–H groups in total. The number of imidazole rings is 1. The summed E-state index contributed by atoms with van der Waals surface area (Å²) in [5.41, 5.74) is -0.864. The Morgan fingerprint density at radius 3 is 2.25 bits per heavy atom. The van der Waals surface area contributed by atoms with Gasteiger partial charge in [-0.25, -0.2) is 19.1 Å². The number of ether oxygens (including phenoxy) is 3. The highest BCUT2D eigenvalue weighted by molar-refractivity contribution is 5.89. The van der Waals surface area contributed by atoms with E-state index in [0.29, 0.717) is 18.7 Å². The second-order valence-electron chi connectivity index (χ2n) is 11.0. The highest BCUT2D eigenvalue weighted by atomic mass is 16.6. The Hall–Kier alpha value is -4.24. The van der Waals surface area contributed by atoms with Crippen LogP contribution in [-0.2, 0) is 39.9 Å². The first-order chi connectivity index (χ1) is 20.7. The number of esters is 2. The molecule has 0 aliphatic rings. The molecule has 0 aliphatic heterocycles. The van der Waals surface area contributed by atoms with Crippen LogP contribution in [0, 0.1) is 17.0 Å². The van der Waals surface area contributed by atoms with Gasteiger partial charge in [-0.2, -0.15) is 0 Å². The van der Waals surface area contributed by atoms with Gasteiger partial charge in [0.1, 0.15) is 30.4 Å². The second kappa shape index (κ2) is 19.1. The molecule has 0 saturated carbocycles. The summed E-state index contributed by atoms with van der Waals surface area (Å²) >= 11 is 0. The molecule has 44 heavy (non-hydrogen) atoms. The minimum Gasteiger partial charge on any atom is -0.466 e. The molecule has 2 unspecified atom stereocenters. The minimum atomic E-state index is -1.30. The van der Waals surface area contributed by atoms with Gasteiger partial charge in [0.15, 0.2) is 5.82 Å². The topological polar surface area (TPSA) is 210 Å². The average molecular weight is 627 g/mol. The molecule has 0 spiro atoms. The third kappa shape index (κ3) is 14.8. The fourth-order valence-electron chi connectivity index (χ4n) is 3.72. The molecule has 0 radical (unpaired) electrons. The maximum atomic E-state index is 13.0. The number of nitro groups is 1. The Morgan fingerprint density at radius 2 is 1.66 bits per heavy atom. The van der Waals surface area contributed by atoms with Crippen LogP contribution in [-0.4, -0.2) is 81.8 Å². The van der Waals surface area contributed by atoms with Crippen molar-refractivity contribution in [1.29, 1.82) is 0 Å². The van der Waals surface area contributed by atoms with Crippen molar-refractivity contribution in [3.63, 3.8) is 0 Å². The molecule has 0 saturated heterocycles. The van der Waals surface area contributed by atoms with Gasteiger partial charge in [0.2, 0.25) is 11.8 Å². The molecule has 1 rings (SSSR count). The number of carbonyl (C=O) groups is 5. The number of rotatable bonds is 19. The number of amides is 3. The lowest BCUT2D eigenvalue weighted by Crippen LogP contribution is -2.49. The zero-order chi connectivity index (χ0) is 33.3. The van der Waals surface area contributed by atoms with Crippen molar-refractivity contribution in [2.45, 2.75) is 111 Å². The lowest BCUT2D eigenvalue weighted by Gasteiger charge is -2.23. The molecule has 0 aliphatic carbocycles. The fourth-order valence-corrected chi connectivity index (χ4v) is 3.72. The number of alkyl carbamates (subject to hydrolysis) is 1. The smallest absolute Gasteiger partial charge is 0.408 e. The van der Waals surface area contributed by atoms with E-state index >= 15 is 0 Å². The van der Waals surface area contributed by atoms with Gasteiger partial charge in [0, 0.05) is 13.3 Å². The van der Waals surface area contributed by atoms with E-state index in [0.717, 1.165) is 19.0 Å². The molecule has 248 valence electrons. The lowest BCUT2D eigenvalue weighted by atomic mass is 10.1. The monoisotopic (exact) mass is 626 g/mol. The molecule has 2 atom stereocenters. The minimum absolute atomic E-state index is 0.0315. The van der Waals surface area contributed by atoms with Gasteiger partial charge < -0.3 is 40.3 Å². The van der Waals surface area contributed by atoms with Crippen LogP contribution in [0.4, 0.5) is 10.6 Å². The average Bonchev–Trinajstić information content (AvgIpc) is 3.30. The van der Waals surface area contributed by atoms with Gasteiger partial charge in [0.25, 0.3) is 0 Å². The summed E-state index contributed by atoms with van der Waals surface area (Å²) in [5, 5.41) is 18.7. The largest absolute Gasteiger partial charge is 0.466 e. The van der Waals surface area contributed by atoms with Crippen LogP contribution in [0.2, 0.25) is 0 Å². The molecule has 3 amide bonds. The Balaban J connectivity index is 2.92. The second-order valence-corrected chi connectivity index (χ2v) is 11.0. The molecule has 0 bridgehead atoms. The van der Waals surface area contributed by atoms with Crippen LogP contribution in [0.3, 0.4) is 0 Å². The number of hydrogen-bond donors (Lipinski definition) is 3. The van der Waals surface area contributed by atoms with Crippen molar-refractivity contribution in [2.24, 2.45) is 0 Å². The van der Waals surface area contributed by atoms with Crippen molar-refractivity contribution in [3.8, 4) is 0 Å². The lowest BCUT2D eigenvalue weighted by molar-refractivity contribution is -0.392. The van der Waals surface area contributed by atoms with Gasteiger partial charge in [-0.1, -0.05) is 26.7 Å². The van der Waals surface area contributed by atoms with Gasteiger partial charge >= 0.3 is 23.8 Å². The molecule has 1 aromatic rings. The molecule has 0 aromatic carbocycles. The highest BCUT2D eigenvalue weighted by Gasteiger charge is 2.29. The van der Waals surface area contributed by atoms with E-state index in [-0.39, 0.29) is 45.0 Å². The molecular formula is C28H46N6O10. The quantitative estimate of drug-likeness (QED) is 0.0667. The van der Waals surface area contributed by atoms with Crippen molar-refractivity contribution < 1.29 is 43.1 Å². The van der Waals surface area contributed by atoms with E-state index in [1.165, 1.54) is 4.57 Å².